The molecule has 0 bridgehead atoms. The fourth-order valence-corrected chi connectivity index (χ4v) is 6.98. The third-order valence-electron chi connectivity index (χ3n) is 9.12. The number of rotatable bonds is 9. The summed E-state index contributed by atoms with van der Waals surface area (Å²) in [6, 6.07) is -0.381. The second-order valence-corrected chi connectivity index (χ2v) is 17.5. The summed E-state index contributed by atoms with van der Waals surface area (Å²) in [5, 5.41) is 6.22. The smallest absolute Gasteiger partial charge is 0.437 e. The number of ether oxygens (including phenoxy) is 4. The maximum absolute atomic E-state index is 14.2. The Bertz CT molecular complexity index is 1200. The Morgan fingerprint density at radius 3 is 2.04 bits per heavy atom. The van der Waals surface area contributed by atoms with Crippen molar-refractivity contribution in [2.24, 2.45) is 10.9 Å². The van der Waals surface area contributed by atoms with Gasteiger partial charge < -0.3 is 34.1 Å². The van der Waals surface area contributed by atoms with Gasteiger partial charge in [0.2, 0.25) is 11.9 Å². The molecule has 13 heteroatoms. The zero-order chi connectivity index (χ0) is 38.0. The molecular formula is C38H67N5O8. The molecule has 3 aliphatic rings. The summed E-state index contributed by atoms with van der Waals surface area (Å²) in [7, 11) is 0. The van der Waals surface area contributed by atoms with Crippen molar-refractivity contribution in [3.63, 3.8) is 0 Å². The molecule has 3 fully saturated rings. The summed E-state index contributed by atoms with van der Waals surface area (Å²) < 4.78 is 22.8. The number of hydrogen-bond acceptors (Lipinski definition) is 9. The fraction of sp³-hybridized carbons (Fsp3) is 0.868. The molecule has 0 aromatic rings. The molecule has 2 N–H and O–H groups in total. The predicted molar refractivity (Wildman–Crippen MR) is 196 cm³/mol. The lowest BCUT2D eigenvalue weighted by Gasteiger charge is -2.40. The topological polar surface area (TPSA) is 148 Å². The normalized spacial score (nSPS) is 23.3. The lowest BCUT2D eigenvalue weighted by molar-refractivity contribution is -0.158. The predicted octanol–water partition coefficient (Wildman–Crippen LogP) is 6.32. The van der Waals surface area contributed by atoms with Crippen molar-refractivity contribution < 1.29 is 38.1 Å². The highest BCUT2D eigenvalue weighted by atomic mass is 16.6. The minimum atomic E-state index is -0.796. The molecule has 3 amide bonds. The van der Waals surface area contributed by atoms with Crippen LogP contribution in [0.2, 0.25) is 0 Å². The van der Waals surface area contributed by atoms with Gasteiger partial charge in [-0.25, -0.2) is 9.59 Å². The van der Waals surface area contributed by atoms with Crippen LogP contribution in [-0.4, -0.2) is 107 Å². The number of carbonyl (C=O) groups is 4. The molecule has 2 heterocycles. The summed E-state index contributed by atoms with van der Waals surface area (Å²) in [4.78, 5) is 60.2. The van der Waals surface area contributed by atoms with Gasteiger partial charge in [0.1, 0.15) is 16.8 Å². The van der Waals surface area contributed by atoms with Crippen LogP contribution in [0.1, 0.15) is 140 Å². The number of esters is 1. The Labute approximate surface area is 306 Å². The van der Waals surface area contributed by atoms with Gasteiger partial charge in [0.05, 0.1) is 18.6 Å². The highest BCUT2D eigenvalue weighted by molar-refractivity contribution is 5.99. The van der Waals surface area contributed by atoms with Crippen molar-refractivity contribution in [1.29, 1.82) is 0 Å². The summed E-state index contributed by atoms with van der Waals surface area (Å²) in [5.74, 6) is 0.295. The van der Waals surface area contributed by atoms with E-state index in [1.807, 2.05) is 30.6 Å². The van der Waals surface area contributed by atoms with Crippen LogP contribution in [0.4, 0.5) is 9.59 Å². The zero-order valence-corrected chi connectivity index (χ0v) is 33.1. The van der Waals surface area contributed by atoms with Crippen LogP contribution in [0.5, 0.6) is 0 Å². The van der Waals surface area contributed by atoms with Crippen LogP contribution < -0.4 is 10.6 Å². The van der Waals surface area contributed by atoms with E-state index in [0.717, 1.165) is 38.5 Å². The van der Waals surface area contributed by atoms with Gasteiger partial charge in [-0.2, -0.15) is 0 Å². The number of aliphatic imine (C=N–C) groups is 1. The number of amides is 3. The van der Waals surface area contributed by atoms with E-state index in [4.69, 9.17) is 18.9 Å². The molecule has 13 nitrogen and oxygen atoms in total. The number of nitrogens with zero attached hydrogens (tertiary/aromatic N) is 3. The summed E-state index contributed by atoms with van der Waals surface area (Å²) in [5.41, 5.74) is -2.07. The van der Waals surface area contributed by atoms with Gasteiger partial charge >= 0.3 is 18.2 Å². The average Bonchev–Trinajstić information content (AvgIpc) is 2.98. The standard InChI is InChI=1S/C38H67N5O8/c1-26-14-13-15-27(24-26)39-30(25-31(44)49-36(2,3)4)32(45)43-20-12-11-16-28(43)19-23-48-29-17-21-42(22-18-29)33(40-34(46)50-37(5,6)7)41-35(47)51-38(8,9)10/h26-30,39H,11-25H2,1-10H3,(H,40,41,46,47)/t26-,27?,28+,30+/m1/s1. The maximum atomic E-state index is 14.2. The average molecular weight is 722 g/mol. The van der Waals surface area contributed by atoms with Crippen molar-refractivity contribution in [3.05, 3.63) is 0 Å². The molecule has 3 rings (SSSR count). The molecule has 1 unspecified atom stereocenters. The number of carbonyl (C=O) groups excluding carboxylic acids is 4. The van der Waals surface area contributed by atoms with E-state index in [1.165, 1.54) is 6.42 Å². The molecule has 1 saturated carbocycles. The van der Waals surface area contributed by atoms with E-state index >= 15 is 0 Å². The van der Waals surface area contributed by atoms with Crippen molar-refractivity contribution in [2.45, 2.75) is 181 Å². The Hall–Kier alpha value is -2.93. The molecule has 2 saturated heterocycles. The Morgan fingerprint density at radius 1 is 0.784 bits per heavy atom. The molecular weight excluding hydrogens is 654 g/mol. The second-order valence-electron chi connectivity index (χ2n) is 17.5. The Balaban J connectivity index is 1.59. The molecule has 0 aromatic carbocycles. The highest BCUT2D eigenvalue weighted by Crippen LogP contribution is 2.27. The molecule has 2 aliphatic heterocycles. The van der Waals surface area contributed by atoms with E-state index in [-0.39, 0.29) is 42.4 Å². The third-order valence-corrected chi connectivity index (χ3v) is 9.12. The number of hydrogen-bond donors (Lipinski definition) is 2. The molecule has 4 atom stereocenters. The lowest BCUT2D eigenvalue weighted by atomic mass is 9.86. The van der Waals surface area contributed by atoms with Gasteiger partial charge in [-0.1, -0.05) is 19.8 Å². The summed E-state index contributed by atoms with van der Waals surface area (Å²) in [6.45, 7) is 20.5. The minimum Gasteiger partial charge on any atom is -0.460 e. The molecule has 1 aliphatic carbocycles. The summed E-state index contributed by atoms with van der Waals surface area (Å²) >= 11 is 0. The van der Waals surface area contributed by atoms with Crippen LogP contribution in [0, 0.1) is 5.92 Å². The fourth-order valence-electron chi connectivity index (χ4n) is 6.98. The first-order valence-electron chi connectivity index (χ1n) is 19.1. The van der Waals surface area contributed by atoms with Crippen LogP contribution in [-0.2, 0) is 28.5 Å². The highest BCUT2D eigenvalue weighted by Gasteiger charge is 2.36. The first-order valence-corrected chi connectivity index (χ1v) is 19.1. The van der Waals surface area contributed by atoms with Gasteiger partial charge in [-0.15, -0.1) is 4.99 Å². The van der Waals surface area contributed by atoms with Crippen molar-refractivity contribution in [3.8, 4) is 0 Å². The third kappa shape index (κ3) is 16.1. The van der Waals surface area contributed by atoms with Crippen LogP contribution >= 0.6 is 0 Å². The van der Waals surface area contributed by atoms with Crippen molar-refractivity contribution in [1.82, 2.24) is 20.4 Å². The molecule has 0 spiro atoms. The largest absolute Gasteiger partial charge is 0.460 e. The monoisotopic (exact) mass is 721 g/mol. The lowest BCUT2D eigenvalue weighted by Crippen LogP contribution is -2.55. The number of piperidine rings is 2. The van der Waals surface area contributed by atoms with Gasteiger partial charge in [0, 0.05) is 38.3 Å². The van der Waals surface area contributed by atoms with Gasteiger partial charge in [-0.05, 0) is 120 Å². The summed E-state index contributed by atoms with van der Waals surface area (Å²) in [6.07, 6.45) is 7.72. The molecule has 0 radical (unpaired) electrons. The number of nitrogens with one attached hydrogen (secondary N) is 2. The zero-order valence-electron chi connectivity index (χ0n) is 33.1. The van der Waals surface area contributed by atoms with E-state index in [1.54, 1.807) is 41.5 Å². The second kappa shape index (κ2) is 18.7. The number of alkyl carbamates (subject to hydrolysis) is 1. The number of likely N-dealkylation sites (tertiary alicyclic amines) is 2. The molecule has 0 aromatic heterocycles. The first kappa shape index (κ1) is 42.5. The first-order chi connectivity index (χ1) is 23.7. The number of guanidine groups is 1. The van der Waals surface area contributed by atoms with E-state index < -0.39 is 35.0 Å². The van der Waals surface area contributed by atoms with Gasteiger partial charge in [0.25, 0.3) is 0 Å². The molecule has 292 valence electrons. The van der Waals surface area contributed by atoms with Gasteiger partial charge in [-0.3, -0.25) is 14.9 Å². The van der Waals surface area contributed by atoms with Crippen molar-refractivity contribution in [2.75, 3.05) is 26.2 Å². The van der Waals surface area contributed by atoms with Crippen LogP contribution in [0.25, 0.3) is 0 Å². The maximum Gasteiger partial charge on any atom is 0.437 e. The molecule has 51 heavy (non-hydrogen) atoms. The van der Waals surface area contributed by atoms with E-state index in [2.05, 4.69) is 22.5 Å². The van der Waals surface area contributed by atoms with Crippen molar-refractivity contribution >= 4 is 30.0 Å². The SMILES string of the molecule is C[C@@H]1CCCC(N[C@@H](CC(=O)OC(C)(C)C)C(=O)N2CCCC[C@H]2CCOC2CCN(C(=NC(=O)OC(C)(C)C)NC(=O)OC(C)(C)C)CC2)C1. The quantitative estimate of drug-likeness (QED) is 0.120. The van der Waals surface area contributed by atoms with E-state index in [9.17, 15) is 19.2 Å². The van der Waals surface area contributed by atoms with E-state index in [0.29, 0.717) is 51.4 Å². The minimum absolute atomic E-state index is 0.0152. The van der Waals surface area contributed by atoms with Gasteiger partial charge in [0.15, 0.2) is 0 Å². The van der Waals surface area contributed by atoms with Crippen LogP contribution in [0.15, 0.2) is 4.99 Å². The van der Waals surface area contributed by atoms with Crippen LogP contribution in [0.3, 0.4) is 0 Å². The Morgan fingerprint density at radius 2 is 1.43 bits per heavy atom. The Kier molecular flexibility index (Phi) is 15.6.